The van der Waals surface area contributed by atoms with Crippen molar-refractivity contribution >= 4 is 0 Å². The molecule has 2 nitrogen and oxygen atoms in total. The molecular formula is C15H18N2. The first-order chi connectivity index (χ1) is 8.33. The van der Waals surface area contributed by atoms with E-state index < -0.39 is 0 Å². The zero-order valence-electron chi connectivity index (χ0n) is 10.1. The number of nitriles is 1. The molecule has 2 bridgehead atoms. The summed E-state index contributed by atoms with van der Waals surface area (Å²) in [4.78, 5) is 2.61. The van der Waals surface area contributed by atoms with Gasteiger partial charge in [0.25, 0.3) is 0 Å². The Balaban J connectivity index is 1.51. The topological polar surface area (TPSA) is 27.0 Å². The van der Waals surface area contributed by atoms with Gasteiger partial charge in [-0.2, -0.15) is 5.26 Å². The van der Waals surface area contributed by atoms with Crippen LogP contribution in [0.3, 0.4) is 0 Å². The van der Waals surface area contributed by atoms with Crippen molar-refractivity contribution in [3.05, 3.63) is 35.4 Å². The molecule has 1 saturated carbocycles. The fourth-order valence-electron chi connectivity index (χ4n) is 3.19. The number of benzene rings is 1. The van der Waals surface area contributed by atoms with Crippen LogP contribution in [0.5, 0.6) is 0 Å². The smallest absolute Gasteiger partial charge is 0.0991 e. The highest BCUT2D eigenvalue weighted by atomic mass is 15.1. The SMILES string of the molecule is N#Cc1ccc(CCN2CC3CC(C3)C2)cc1. The lowest BCUT2D eigenvalue weighted by Gasteiger charge is -2.47. The molecular weight excluding hydrogens is 208 g/mol. The van der Waals surface area contributed by atoms with Crippen LogP contribution in [0.2, 0.25) is 0 Å². The van der Waals surface area contributed by atoms with Gasteiger partial charge >= 0.3 is 0 Å². The van der Waals surface area contributed by atoms with Gasteiger partial charge in [0.2, 0.25) is 0 Å². The van der Waals surface area contributed by atoms with Crippen LogP contribution in [0.4, 0.5) is 0 Å². The summed E-state index contributed by atoms with van der Waals surface area (Å²) in [5, 5.41) is 8.74. The van der Waals surface area contributed by atoms with Crippen molar-refractivity contribution in [3.8, 4) is 6.07 Å². The van der Waals surface area contributed by atoms with E-state index in [1.54, 1.807) is 0 Å². The summed E-state index contributed by atoms with van der Waals surface area (Å²) in [6, 6.07) is 10.2. The highest BCUT2D eigenvalue weighted by molar-refractivity contribution is 5.31. The van der Waals surface area contributed by atoms with Crippen molar-refractivity contribution in [3.63, 3.8) is 0 Å². The fourth-order valence-corrected chi connectivity index (χ4v) is 3.19. The zero-order valence-corrected chi connectivity index (χ0v) is 10.1. The maximum absolute atomic E-state index is 8.74. The first-order valence-corrected chi connectivity index (χ1v) is 6.55. The van der Waals surface area contributed by atoms with Crippen LogP contribution in [0.1, 0.15) is 24.0 Å². The largest absolute Gasteiger partial charge is 0.302 e. The molecule has 1 aromatic carbocycles. The summed E-state index contributed by atoms with van der Waals surface area (Å²) in [5.41, 5.74) is 2.11. The maximum atomic E-state index is 8.74. The minimum atomic E-state index is 0.757. The molecule has 0 amide bonds. The molecule has 4 rings (SSSR count). The van der Waals surface area contributed by atoms with E-state index in [1.165, 1.54) is 38.0 Å². The van der Waals surface area contributed by atoms with Gasteiger partial charge in [-0.05, 0) is 48.8 Å². The minimum Gasteiger partial charge on any atom is -0.302 e. The fraction of sp³-hybridized carbons (Fsp3) is 0.533. The number of hydrogen-bond acceptors (Lipinski definition) is 2. The molecule has 2 aliphatic heterocycles. The van der Waals surface area contributed by atoms with E-state index in [-0.39, 0.29) is 0 Å². The van der Waals surface area contributed by atoms with Gasteiger partial charge in [0.1, 0.15) is 0 Å². The zero-order chi connectivity index (χ0) is 11.7. The van der Waals surface area contributed by atoms with Gasteiger partial charge in [0.05, 0.1) is 11.6 Å². The first kappa shape index (κ1) is 10.8. The summed E-state index contributed by atoms with van der Waals surface area (Å²) in [5.74, 6) is 1.99. The first-order valence-electron chi connectivity index (χ1n) is 6.55. The molecule has 0 atom stereocenters. The summed E-state index contributed by atoms with van der Waals surface area (Å²) in [6.45, 7) is 3.80. The lowest BCUT2D eigenvalue weighted by Crippen LogP contribution is -2.49. The Kier molecular flexibility index (Phi) is 2.86. The Morgan fingerprint density at radius 2 is 1.76 bits per heavy atom. The predicted molar refractivity (Wildman–Crippen MR) is 67.5 cm³/mol. The lowest BCUT2D eigenvalue weighted by atomic mass is 9.71. The molecule has 2 saturated heterocycles. The molecule has 17 heavy (non-hydrogen) atoms. The van der Waals surface area contributed by atoms with E-state index in [0.29, 0.717) is 0 Å². The normalized spacial score (nSPS) is 27.2. The van der Waals surface area contributed by atoms with Gasteiger partial charge in [-0.1, -0.05) is 12.1 Å². The maximum Gasteiger partial charge on any atom is 0.0991 e. The van der Waals surface area contributed by atoms with Gasteiger partial charge in [-0.15, -0.1) is 0 Å². The van der Waals surface area contributed by atoms with E-state index in [9.17, 15) is 0 Å². The van der Waals surface area contributed by atoms with E-state index >= 15 is 0 Å². The molecule has 2 heterocycles. The number of fused-ring (bicyclic) bond motifs is 2. The minimum absolute atomic E-state index is 0.757. The van der Waals surface area contributed by atoms with Crippen LogP contribution < -0.4 is 0 Å². The van der Waals surface area contributed by atoms with Gasteiger partial charge < -0.3 is 4.90 Å². The number of rotatable bonds is 3. The standard InChI is InChI=1S/C15H18N2/c16-9-13-3-1-12(2-4-13)5-6-17-10-14-7-15(8-14)11-17/h1-4,14-15H,5-8,10-11H2. The van der Waals surface area contributed by atoms with E-state index in [1.807, 2.05) is 12.1 Å². The third kappa shape index (κ3) is 2.35. The third-order valence-corrected chi connectivity index (χ3v) is 4.17. The number of piperidine rings is 2. The van der Waals surface area contributed by atoms with E-state index in [4.69, 9.17) is 5.26 Å². The monoisotopic (exact) mass is 226 g/mol. The van der Waals surface area contributed by atoms with Crippen LogP contribution in [-0.4, -0.2) is 24.5 Å². The molecule has 0 unspecified atom stereocenters. The lowest BCUT2D eigenvalue weighted by molar-refractivity contribution is 0.0284. The molecule has 2 heteroatoms. The van der Waals surface area contributed by atoms with Crippen molar-refractivity contribution < 1.29 is 0 Å². The molecule has 1 aromatic rings. The second kappa shape index (κ2) is 4.50. The predicted octanol–water partition coefficient (Wildman–Crippen LogP) is 2.44. The Morgan fingerprint density at radius 1 is 1.12 bits per heavy atom. The second-order valence-electron chi connectivity index (χ2n) is 5.52. The second-order valence-corrected chi connectivity index (χ2v) is 5.52. The molecule has 1 aliphatic carbocycles. The summed E-state index contributed by atoms with van der Waals surface area (Å²) in [6.07, 6.45) is 4.08. The molecule has 0 radical (unpaired) electrons. The summed E-state index contributed by atoms with van der Waals surface area (Å²) in [7, 11) is 0. The Hall–Kier alpha value is -1.33. The number of nitrogens with zero attached hydrogens (tertiary/aromatic N) is 2. The van der Waals surface area contributed by atoms with Crippen LogP contribution in [-0.2, 0) is 6.42 Å². The van der Waals surface area contributed by atoms with Gasteiger partial charge in [0.15, 0.2) is 0 Å². The van der Waals surface area contributed by atoms with Crippen molar-refractivity contribution in [2.75, 3.05) is 19.6 Å². The quantitative estimate of drug-likeness (QED) is 0.791. The third-order valence-electron chi connectivity index (χ3n) is 4.17. The van der Waals surface area contributed by atoms with Crippen LogP contribution >= 0.6 is 0 Å². The molecule has 0 N–H and O–H groups in total. The molecule has 3 aliphatic rings. The molecule has 0 aromatic heterocycles. The average Bonchev–Trinajstić information content (AvgIpc) is 2.36. The average molecular weight is 226 g/mol. The Bertz CT molecular complexity index is 413. The van der Waals surface area contributed by atoms with Crippen molar-refractivity contribution in [1.82, 2.24) is 4.90 Å². The van der Waals surface area contributed by atoms with Crippen LogP contribution in [0.15, 0.2) is 24.3 Å². The van der Waals surface area contributed by atoms with Gasteiger partial charge in [-0.3, -0.25) is 0 Å². The Morgan fingerprint density at radius 3 is 2.35 bits per heavy atom. The van der Waals surface area contributed by atoms with Crippen molar-refractivity contribution in [2.45, 2.75) is 19.3 Å². The van der Waals surface area contributed by atoms with Crippen LogP contribution in [0.25, 0.3) is 0 Å². The van der Waals surface area contributed by atoms with Crippen molar-refractivity contribution in [1.29, 1.82) is 5.26 Å². The summed E-state index contributed by atoms with van der Waals surface area (Å²) < 4.78 is 0. The van der Waals surface area contributed by atoms with Crippen molar-refractivity contribution in [2.24, 2.45) is 11.8 Å². The highest BCUT2D eigenvalue weighted by Crippen LogP contribution is 2.39. The Labute approximate surface area is 103 Å². The van der Waals surface area contributed by atoms with E-state index in [0.717, 1.165) is 23.8 Å². The molecule has 0 spiro atoms. The highest BCUT2D eigenvalue weighted by Gasteiger charge is 2.36. The molecule has 88 valence electrons. The van der Waals surface area contributed by atoms with Gasteiger partial charge in [0, 0.05) is 19.6 Å². The van der Waals surface area contributed by atoms with Crippen LogP contribution in [0, 0.1) is 23.2 Å². The summed E-state index contributed by atoms with van der Waals surface area (Å²) >= 11 is 0. The number of hydrogen-bond donors (Lipinski definition) is 0. The molecule has 3 fully saturated rings. The van der Waals surface area contributed by atoms with E-state index in [2.05, 4.69) is 23.1 Å². The van der Waals surface area contributed by atoms with Gasteiger partial charge in [-0.25, -0.2) is 0 Å².